The molecule has 1 aliphatic rings. The maximum atomic E-state index is 12.1. The lowest BCUT2D eigenvalue weighted by atomic mass is 10.2. The third kappa shape index (κ3) is 10.1. The fourth-order valence-corrected chi connectivity index (χ4v) is 3.36. The van der Waals surface area contributed by atoms with Gasteiger partial charge in [0.1, 0.15) is 12.2 Å². The summed E-state index contributed by atoms with van der Waals surface area (Å²) in [6, 6.07) is 0. The predicted octanol–water partition coefficient (Wildman–Crippen LogP) is 1.82. The smallest absolute Gasteiger partial charge is 0.222 e. The second-order valence-electron chi connectivity index (χ2n) is 7.27. The van der Waals surface area contributed by atoms with E-state index in [0.717, 1.165) is 89.6 Å². The van der Waals surface area contributed by atoms with Gasteiger partial charge in [0.05, 0.1) is 0 Å². The molecule has 0 radical (unpaired) electrons. The first-order chi connectivity index (χ1) is 14.2. The number of aliphatic imine (C=N–C) groups is 1. The van der Waals surface area contributed by atoms with Gasteiger partial charge >= 0.3 is 0 Å². The molecule has 30 heavy (non-hydrogen) atoms. The number of halogens is 1. The number of aryl methyl sites for hydroxylation is 1. The van der Waals surface area contributed by atoms with Gasteiger partial charge in [-0.25, -0.2) is 0 Å². The molecule has 10 heteroatoms. The van der Waals surface area contributed by atoms with Gasteiger partial charge in [0.25, 0.3) is 0 Å². The second kappa shape index (κ2) is 16.3. The van der Waals surface area contributed by atoms with Crippen molar-refractivity contribution in [3.05, 3.63) is 12.2 Å². The number of carbonyl (C=O) groups is 1. The first-order valence-corrected chi connectivity index (χ1v) is 10.9. The summed E-state index contributed by atoms with van der Waals surface area (Å²) < 4.78 is 7.17. The first kappa shape index (κ1) is 26.6. The molecule has 0 aromatic carbocycles. The van der Waals surface area contributed by atoms with Gasteiger partial charge < -0.3 is 24.8 Å². The van der Waals surface area contributed by atoms with Gasteiger partial charge in [-0.3, -0.25) is 9.79 Å². The number of methoxy groups -OCH3 is 1. The van der Waals surface area contributed by atoms with Crippen LogP contribution in [0.2, 0.25) is 0 Å². The highest BCUT2D eigenvalue weighted by molar-refractivity contribution is 14.0. The Morgan fingerprint density at radius 2 is 2.03 bits per heavy atom. The van der Waals surface area contributed by atoms with E-state index in [9.17, 15) is 4.79 Å². The van der Waals surface area contributed by atoms with Crippen molar-refractivity contribution < 1.29 is 9.53 Å². The van der Waals surface area contributed by atoms with Crippen LogP contribution in [0.1, 0.15) is 51.3 Å². The van der Waals surface area contributed by atoms with E-state index in [2.05, 4.69) is 32.3 Å². The van der Waals surface area contributed by atoms with Crippen molar-refractivity contribution in [2.45, 2.75) is 58.4 Å². The second-order valence-corrected chi connectivity index (χ2v) is 7.27. The summed E-state index contributed by atoms with van der Waals surface area (Å²) in [7, 11) is 1.71. The molecule has 172 valence electrons. The normalized spacial score (nSPS) is 14.9. The first-order valence-electron chi connectivity index (χ1n) is 10.9. The van der Waals surface area contributed by atoms with Crippen molar-refractivity contribution in [2.24, 2.45) is 4.99 Å². The van der Waals surface area contributed by atoms with Crippen molar-refractivity contribution in [1.82, 2.24) is 30.3 Å². The third-order valence-electron chi connectivity index (χ3n) is 5.00. The highest BCUT2D eigenvalue weighted by Gasteiger charge is 2.15. The number of amides is 1. The minimum Gasteiger partial charge on any atom is -0.385 e. The SMILES string of the molecule is CCc1nncn1CCNC(=NCCCN1CCCCCC1=O)NCCCOC.I. The van der Waals surface area contributed by atoms with Crippen LogP contribution in [-0.2, 0) is 22.5 Å². The van der Waals surface area contributed by atoms with Crippen LogP contribution in [-0.4, -0.2) is 78.0 Å². The fourth-order valence-electron chi connectivity index (χ4n) is 3.36. The molecule has 1 amide bonds. The molecule has 1 fully saturated rings. The molecular formula is C20H38IN7O2. The van der Waals surface area contributed by atoms with Gasteiger partial charge in [-0.15, -0.1) is 34.2 Å². The molecule has 1 aliphatic heterocycles. The van der Waals surface area contributed by atoms with E-state index in [1.54, 1.807) is 13.4 Å². The summed E-state index contributed by atoms with van der Waals surface area (Å²) in [6.07, 6.45) is 8.43. The molecule has 1 aromatic rings. The Kier molecular flexibility index (Phi) is 14.4. The topological polar surface area (TPSA) is 96.7 Å². The van der Waals surface area contributed by atoms with Crippen molar-refractivity contribution in [3.63, 3.8) is 0 Å². The van der Waals surface area contributed by atoms with E-state index >= 15 is 0 Å². The van der Waals surface area contributed by atoms with Gasteiger partial charge in [0.2, 0.25) is 5.91 Å². The summed E-state index contributed by atoms with van der Waals surface area (Å²) in [5.74, 6) is 2.08. The van der Waals surface area contributed by atoms with Gasteiger partial charge in [-0.05, 0) is 25.7 Å². The van der Waals surface area contributed by atoms with Crippen LogP contribution in [0.3, 0.4) is 0 Å². The van der Waals surface area contributed by atoms with Crippen LogP contribution in [0.5, 0.6) is 0 Å². The maximum Gasteiger partial charge on any atom is 0.222 e. The molecule has 2 N–H and O–H groups in total. The quantitative estimate of drug-likeness (QED) is 0.184. The summed E-state index contributed by atoms with van der Waals surface area (Å²) in [6.45, 7) is 7.50. The Balaban J connectivity index is 0.00000450. The van der Waals surface area contributed by atoms with E-state index in [1.165, 1.54) is 0 Å². The van der Waals surface area contributed by atoms with Crippen molar-refractivity contribution >= 4 is 35.8 Å². The van der Waals surface area contributed by atoms with Crippen molar-refractivity contribution in [1.29, 1.82) is 0 Å². The third-order valence-corrected chi connectivity index (χ3v) is 5.00. The summed E-state index contributed by atoms with van der Waals surface area (Å²) >= 11 is 0. The van der Waals surface area contributed by atoms with E-state index in [4.69, 9.17) is 9.73 Å². The van der Waals surface area contributed by atoms with Gasteiger partial charge in [-0.2, -0.15) is 0 Å². The zero-order valence-corrected chi connectivity index (χ0v) is 20.8. The predicted molar refractivity (Wildman–Crippen MR) is 129 cm³/mol. The lowest BCUT2D eigenvalue weighted by Crippen LogP contribution is -2.40. The fraction of sp³-hybridized carbons (Fsp3) is 0.800. The molecule has 1 saturated heterocycles. The highest BCUT2D eigenvalue weighted by Crippen LogP contribution is 2.11. The van der Waals surface area contributed by atoms with E-state index in [0.29, 0.717) is 18.9 Å². The Morgan fingerprint density at radius 1 is 1.20 bits per heavy atom. The average molecular weight is 535 g/mol. The van der Waals surface area contributed by atoms with Crippen LogP contribution in [0.25, 0.3) is 0 Å². The number of ether oxygens (including phenoxy) is 1. The largest absolute Gasteiger partial charge is 0.385 e. The number of aromatic nitrogens is 3. The highest BCUT2D eigenvalue weighted by atomic mass is 127. The van der Waals surface area contributed by atoms with Crippen LogP contribution < -0.4 is 10.6 Å². The molecule has 1 aromatic heterocycles. The molecule has 2 heterocycles. The number of guanidine groups is 1. The molecule has 0 bridgehead atoms. The van der Waals surface area contributed by atoms with Crippen molar-refractivity contribution in [3.8, 4) is 0 Å². The van der Waals surface area contributed by atoms with Gasteiger partial charge in [-0.1, -0.05) is 13.3 Å². The van der Waals surface area contributed by atoms with Gasteiger partial charge in [0, 0.05) is 65.8 Å². The summed E-state index contributed by atoms with van der Waals surface area (Å²) in [4.78, 5) is 18.8. The van der Waals surface area contributed by atoms with Crippen LogP contribution >= 0.6 is 24.0 Å². The zero-order valence-electron chi connectivity index (χ0n) is 18.4. The Hall–Kier alpha value is -1.43. The summed E-state index contributed by atoms with van der Waals surface area (Å²) in [5.41, 5.74) is 0. The molecule has 0 atom stereocenters. The average Bonchev–Trinajstić information content (AvgIpc) is 3.09. The minimum absolute atomic E-state index is 0. The van der Waals surface area contributed by atoms with E-state index in [1.807, 2.05) is 4.90 Å². The number of hydrogen-bond acceptors (Lipinski definition) is 5. The lowest BCUT2D eigenvalue weighted by Gasteiger charge is -2.20. The van der Waals surface area contributed by atoms with E-state index < -0.39 is 0 Å². The van der Waals surface area contributed by atoms with Gasteiger partial charge in [0.15, 0.2) is 5.96 Å². The van der Waals surface area contributed by atoms with Crippen LogP contribution in [0, 0.1) is 0 Å². The standard InChI is InChI=1S/C20H37N7O2.HI/c1-3-18-25-24-17-27(18)15-12-23-20(22-11-8-16-29-2)21-10-7-14-26-13-6-4-5-9-19(26)28;/h17H,3-16H2,1-2H3,(H2,21,22,23);1H. The Labute approximate surface area is 197 Å². The number of nitrogens with one attached hydrogen (secondary N) is 2. The summed E-state index contributed by atoms with van der Waals surface area (Å²) in [5, 5.41) is 14.8. The molecule has 0 saturated carbocycles. The molecular weight excluding hydrogens is 497 g/mol. The lowest BCUT2D eigenvalue weighted by molar-refractivity contribution is -0.130. The number of rotatable bonds is 12. The van der Waals surface area contributed by atoms with E-state index in [-0.39, 0.29) is 24.0 Å². The van der Waals surface area contributed by atoms with Crippen LogP contribution in [0.15, 0.2) is 11.3 Å². The van der Waals surface area contributed by atoms with Crippen LogP contribution in [0.4, 0.5) is 0 Å². The number of carbonyl (C=O) groups excluding carboxylic acids is 1. The molecule has 9 nitrogen and oxygen atoms in total. The zero-order chi connectivity index (χ0) is 20.7. The number of likely N-dealkylation sites (tertiary alicyclic amines) is 1. The monoisotopic (exact) mass is 535 g/mol. The molecule has 0 aliphatic carbocycles. The molecule has 0 unspecified atom stereocenters. The minimum atomic E-state index is 0. The molecule has 0 spiro atoms. The Bertz CT molecular complexity index is 624. The number of nitrogens with zero attached hydrogens (tertiary/aromatic N) is 5. The maximum absolute atomic E-state index is 12.1. The number of hydrogen-bond donors (Lipinski definition) is 2. The van der Waals surface area contributed by atoms with Crippen molar-refractivity contribution in [2.75, 3.05) is 46.4 Å². The molecule has 2 rings (SSSR count). The Morgan fingerprint density at radius 3 is 2.83 bits per heavy atom.